The third-order valence-corrected chi connectivity index (χ3v) is 3.23. The number of aromatic nitrogens is 2. The van der Waals surface area contributed by atoms with Crippen LogP contribution in [0.3, 0.4) is 0 Å². The summed E-state index contributed by atoms with van der Waals surface area (Å²) in [5.74, 6) is -0.536. The van der Waals surface area contributed by atoms with Crippen molar-refractivity contribution in [3.05, 3.63) is 46.5 Å². The summed E-state index contributed by atoms with van der Waals surface area (Å²) in [4.78, 5) is 26.9. The number of carboxylic acids is 1. The zero-order valence-corrected chi connectivity index (χ0v) is 10.1. The third kappa shape index (κ3) is 2.27. The molecule has 3 rings (SSSR count). The summed E-state index contributed by atoms with van der Waals surface area (Å²) in [6.45, 7) is 0. The summed E-state index contributed by atoms with van der Waals surface area (Å²) in [5, 5.41) is 9.11. The van der Waals surface area contributed by atoms with E-state index in [4.69, 9.17) is 5.11 Å². The molecule has 1 fully saturated rings. The Morgan fingerprint density at radius 1 is 1.42 bits per heavy atom. The standard InChI is InChI=1S/C14H12N2O3/c17-13(18)5-6-16-8-15-12-4-3-10(9-1-2-9)7-11(12)14(16)19/h3-9H,1-2H2,(H,17,18)/b6-5+. The molecule has 5 heteroatoms. The first kappa shape index (κ1) is 11.6. The van der Waals surface area contributed by atoms with Gasteiger partial charge in [-0.1, -0.05) is 6.07 Å². The molecule has 1 N–H and O–H groups in total. The molecule has 1 heterocycles. The molecule has 0 amide bonds. The van der Waals surface area contributed by atoms with Gasteiger partial charge in [0.15, 0.2) is 0 Å². The van der Waals surface area contributed by atoms with Crippen molar-refractivity contribution < 1.29 is 9.90 Å². The van der Waals surface area contributed by atoms with E-state index in [0.29, 0.717) is 16.8 Å². The number of nitrogens with zero attached hydrogens (tertiary/aromatic N) is 2. The van der Waals surface area contributed by atoms with Gasteiger partial charge in [-0.15, -0.1) is 0 Å². The van der Waals surface area contributed by atoms with Crippen LogP contribution in [0.25, 0.3) is 17.1 Å². The molecule has 0 aliphatic heterocycles. The predicted octanol–water partition coefficient (Wildman–Crippen LogP) is 1.83. The molecule has 5 nitrogen and oxygen atoms in total. The van der Waals surface area contributed by atoms with Crippen molar-refractivity contribution >= 4 is 23.1 Å². The number of fused-ring (bicyclic) bond motifs is 1. The van der Waals surface area contributed by atoms with Crippen molar-refractivity contribution in [2.24, 2.45) is 0 Å². The van der Waals surface area contributed by atoms with Crippen LogP contribution in [0.5, 0.6) is 0 Å². The second kappa shape index (κ2) is 4.35. The fourth-order valence-corrected chi connectivity index (χ4v) is 2.07. The normalized spacial score (nSPS) is 15.2. The van der Waals surface area contributed by atoms with E-state index >= 15 is 0 Å². The van der Waals surface area contributed by atoms with Gasteiger partial charge in [0.25, 0.3) is 5.56 Å². The second-order valence-corrected chi connectivity index (χ2v) is 4.66. The Morgan fingerprint density at radius 2 is 2.21 bits per heavy atom. The number of rotatable bonds is 3. The van der Waals surface area contributed by atoms with Gasteiger partial charge in [0.2, 0.25) is 0 Å². The quantitative estimate of drug-likeness (QED) is 0.850. The molecule has 2 aromatic rings. The highest BCUT2D eigenvalue weighted by Gasteiger charge is 2.23. The summed E-state index contributed by atoms with van der Waals surface area (Å²) in [6.07, 6.45) is 5.79. The fourth-order valence-electron chi connectivity index (χ4n) is 2.07. The second-order valence-electron chi connectivity index (χ2n) is 4.66. The van der Waals surface area contributed by atoms with Crippen molar-refractivity contribution in [2.45, 2.75) is 18.8 Å². The minimum absolute atomic E-state index is 0.245. The van der Waals surface area contributed by atoms with Crippen molar-refractivity contribution in [3.8, 4) is 0 Å². The van der Waals surface area contributed by atoms with Crippen molar-refractivity contribution in [3.63, 3.8) is 0 Å². The molecule has 0 radical (unpaired) electrons. The van der Waals surface area contributed by atoms with Crippen LogP contribution in [0.2, 0.25) is 0 Å². The minimum Gasteiger partial charge on any atom is -0.478 e. The lowest BCUT2D eigenvalue weighted by Crippen LogP contribution is -2.16. The molecule has 0 atom stereocenters. The Morgan fingerprint density at radius 3 is 2.89 bits per heavy atom. The van der Waals surface area contributed by atoms with E-state index < -0.39 is 5.97 Å². The minimum atomic E-state index is -1.10. The summed E-state index contributed by atoms with van der Waals surface area (Å²) < 4.78 is 1.19. The highest BCUT2D eigenvalue weighted by Crippen LogP contribution is 2.40. The summed E-state index contributed by atoms with van der Waals surface area (Å²) in [6, 6.07) is 5.72. The molecule has 1 aliphatic rings. The third-order valence-electron chi connectivity index (χ3n) is 3.23. The van der Waals surface area contributed by atoms with Gasteiger partial charge in [-0.3, -0.25) is 9.36 Å². The van der Waals surface area contributed by atoms with Crippen LogP contribution in [0.4, 0.5) is 0 Å². The zero-order valence-electron chi connectivity index (χ0n) is 10.1. The molecular formula is C14H12N2O3. The van der Waals surface area contributed by atoms with Crippen LogP contribution in [0, 0.1) is 0 Å². The van der Waals surface area contributed by atoms with Crippen LogP contribution in [-0.2, 0) is 4.79 Å². The predicted molar refractivity (Wildman–Crippen MR) is 70.9 cm³/mol. The van der Waals surface area contributed by atoms with Gasteiger partial charge in [-0.2, -0.15) is 0 Å². The average Bonchev–Trinajstić information content (AvgIpc) is 3.22. The number of carbonyl (C=O) groups is 1. The largest absolute Gasteiger partial charge is 0.478 e. The summed E-state index contributed by atoms with van der Waals surface area (Å²) >= 11 is 0. The Kier molecular flexibility index (Phi) is 2.67. The summed E-state index contributed by atoms with van der Waals surface area (Å²) in [5.41, 5.74) is 1.55. The first-order valence-corrected chi connectivity index (χ1v) is 6.07. The Bertz CT molecular complexity index is 742. The maximum absolute atomic E-state index is 12.2. The lowest BCUT2D eigenvalue weighted by Gasteiger charge is -2.03. The van der Waals surface area contributed by atoms with Gasteiger partial charge in [0.05, 0.1) is 10.9 Å². The molecule has 96 valence electrons. The molecule has 0 spiro atoms. The molecule has 0 saturated heterocycles. The summed E-state index contributed by atoms with van der Waals surface area (Å²) in [7, 11) is 0. The van der Waals surface area contributed by atoms with Crippen LogP contribution in [0.1, 0.15) is 24.3 Å². The molecular weight excluding hydrogens is 244 g/mol. The molecule has 1 aromatic carbocycles. The van der Waals surface area contributed by atoms with E-state index in [-0.39, 0.29) is 5.56 Å². The maximum Gasteiger partial charge on any atom is 0.329 e. The first-order valence-electron chi connectivity index (χ1n) is 6.07. The van der Waals surface area contributed by atoms with Gasteiger partial charge < -0.3 is 5.11 Å². The van der Waals surface area contributed by atoms with Gasteiger partial charge in [0.1, 0.15) is 6.33 Å². The zero-order chi connectivity index (χ0) is 13.4. The topological polar surface area (TPSA) is 72.2 Å². The van der Waals surface area contributed by atoms with Crippen LogP contribution in [-0.4, -0.2) is 20.6 Å². The first-order chi connectivity index (χ1) is 9.15. The van der Waals surface area contributed by atoms with Crippen molar-refractivity contribution in [1.82, 2.24) is 9.55 Å². The van der Waals surface area contributed by atoms with Crippen molar-refractivity contribution in [1.29, 1.82) is 0 Å². The molecule has 1 aliphatic carbocycles. The monoisotopic (exact) mass is 256 g/mol. The Balaban J connectivity index is 2.13. The average molecular weight is 256 g/mol. The van der Waals surface area contributed by atoms with E-state index in [1.54, 1.807) is 0 Å². The Labute approximate surface area is 108 Å². The van der Waals surface area contributed by atoms with E-state index in [2.05, 4.69) is 4.98 Å². The lowest BCUT2D eigenvalue weighted by atomic mass is 10.1. The molecule has 1 saturated carbocycles. The van der Waals surface area contributed by atoms with E-state index in [1.165, 1.54) is 29.9 Å². The van der Waals surface area contributed by atoms with Crippen LogP contribution in [0.15, 0.2) is 35.4 Å². The number of hydrogen-bond donors (Lipinski definition) is 1. The van der Waals surface area contributed by atoms with Crippen LogP contribution < -0.4 is 5.56 Å². The smallest absolute Gasteiger partial charge is 0.329 e. The number of carboxylic acid groups (broad SMARTS) is 1. The lowest BCUT2D eigenvalue weighted by molar-refractivity contribution is -0.131. The molecule has 0 unspecified atom stereocenters. The van der Waals surface area contributed by atoms with E-state index in [0.717, 1.165) is 11.6 Å². The van der Waals surface area contributed by atoms with Gasteiger partial charge >= 0.3 is 5.97 Å². The van der Waals surface area contributed by atoms with Crippen molar-refractivity contribution in [2.75, 3.05) is 0 Å². The SMILES string of the molecule is O=C(O)/C=C/n1cnc2ccc(C3CC3)cc2c1=O. The molecule has 1 aromatic heterocycles. The van der Waals surface area contributed by atoms with Gasteiger partial charge in [0, 0.05) is 12.3 Å². The number of hydrogen-bond acceptors (Lipinski definition) is 3. The van der Waals surface area contributed by atoms with E-state index in [1.807, 2.05) is 18.2 Å². The molecule has 0 bridgehead atoms. The maximum atomic E-state index is 12.2. The van der Waals surface area contributed by atoms with Gasteiger partial charge in [-0.05, 0) is 36.5 Å². The fraction of sp³-hybridized carbons (Fsp3) is 0.214. The highest BCUT2D eigenvalue weighted by molar-refractivity contribution is 5.83. The number of benzene rings is 1. The van der Waals surface area contributed by atoms with Crippen LogP contribution >= 0.6 is 0 Å². The highest BCUT2D eigenvalue weighted by atomic mass is 16.4. The molecule has 19 heavy (non-hydrogen) atoms. The van der Waals surface area contributed by atoms with Gasteiger partial charge in [-0.25, -0.2) is 9.78 Å². The van der Waals surface area contributed by atoms with E-state index in [9.17, 15) is 9.59 Å². The Hall–Kier alpha value is -2.43. The number of aliphatic carboxylic acids is 1.